The van der Waals surface area contributed by atoms with Gasteiger partial charge in [-0.1, -0.05) is 0 Å². The van der Waals surface area contributed by atoms with Gasteiger partial charge in [-0.3, -0.25) is 0 Å². The molecule has 2 rings (SSSR count). The monoisotopic (exact) mass is 112 g/mol. The van der Waals surface area contributed by atoms with E-state index in [4.69, 9.17) is 4.42 Å². The molecule has 8 heavy (non-hydrogen) atoms. The first-order chi connectivity index (χ1) is 3.97. The van der Waals surface area contributed by atoms with Gasteiger partial charge in [0.05, 0.1) is 6.26 Å². The van der Waals surface area contributed by atoms with Crippen LogP contribution >= 0.6 is 0 Å². The lowest BCUT2D eigenvalue weighted by atomic mass is 10.4. The second kappa shape index (κ2) is 1.26. The van der Waals surface area contributed by atoms with E-state index in [2.05, 4.69) is 9.78 Å². The molecule has 0 amide bonds. The summed E-state index contributed by atoms with van der Waals surface area (Å²) in [6, 6.07) is 1.72. The smallest absolute Gasteiger partial charge is 0.209 e. The molecule has 2 heterocycles. The van der Waals surface area contributed by atoms with E-state index in [-0.39, 0.29) is 0 Å². The maximum absolute atomic E-state index is 4.93. The van der Waals surface area contributed by atoms with Crippen molar-refractivity contribution in [3.63, 3.8) is 0 Å². The largest absolute Gasteiger partial charge is 0.463 e. The Kier molecular flexibility index (Phi) is 0.625. The maximum atomic E-state index is 4.93. The van der Waals surface area contributed by atoms with Crippen molar-refractivity contribution in [1.29, 1.82) is 0 Å². The average molecular weight is 112 g/mol. The van der Waals surface area contributed by atoms with Crippen molar-refractivity contribution in [2.24, 2.45) is 0 Å². The number of hydrogen-bond acceptors (Lipinski definition) is 3. The van der Waals surface area contributed by atoms with Gasteiger partial charge in [0, 0.05) is 6.07 Å². The van der Waals surface area contributed by atoms with Crippen LogP contribution in [0.1, 0.15) is 5.76 Å². The van der Waals surface area contributed by atoms with Crippen molar-refractivity contribution in [2.45, 2.75) is 6.61 Å². The number of hydrogen-bond donors (Lipinski definition) is 0. The molecule has 1 aliphatic heterocycles. The molecule has 0 unspecified atom stereocenters. The van der Waals surface area contributed by atoms with E-state index in [0.717, 1.165) is 5.76 Å². The van der Waals surface area contributed by atoms with Gasteiger partial charge in [-0.05, 0) is 0 Å². The van der Waals surface area contributed by atoms with Crippen molar-refractivity contribution in [2.75, 3.05) is 0 Å². The van der Waals surface area contributed by atoms with Gasteiger partial charge in [0.2, 0.25) is 5.75 Å². The maximum Gasteiger partial charge on any atom is 0.209 e. The molecule has 0 bridgehead atoms. The van der Waals surface area contributed by atoms with Crippen LogP contribution in [0.4, 0.5) is 0 Å². The van der Waals surface area contributed by atoms with Crippen molar-refractivity contribution in [1.82, 2.24) is 0 Å². The summed E-state index contributed by atoms with van der Waals surface area (Å²) >= 11 is 0. The predicted molar refractivity (Wildman–Crippen MR) is 24.1 cm³/mol. The minimum absolute atomic E-state index is 0.433. The first-order valence-electron chi connectivity index (χ1n) is 2.32. The normalized spacial score (nSPS) is 15.5. The SMILES string of the molecule is c1cc2c(o1)COO2. The fraction of sp³-hybridized carbons (Fsp3) is 0.200. The molecule has 0 aromatic carbocycles. The van der Waals surface area contributed by atoms with Crippen molar-refractivity contribution in [3.05, 3.63) is 18.1 Å². The summed E-state index contributed by atoms with van der Waals surface area (Å²) in [4.78, 5) is 9.21. The zero-order chi connectivity index (χ0) is 5.40. The molecular weight excluding hydrogens is 108 g/mol. The lowest BCUT2D eigenvalue weighted by molar-refractivity contribution is -0.196. The van der Waals surface area contributed by atoms with E-state index >= 15 is 0 Å². The highest BCUT2D eigenvalue weighted by Gasteiger charge is 2.15. The van der Waals surface area contributed by atoms with Gasteiger partial charge in [0.25, 0.3) is 0 Å². The third-order valence-electron chi connectivity index (χ3n) is 1.04. The zero-order valence-electron chi connectivity index (χ0n) is 4.09. The summed E-state index contributed by atoms with van der Waals surface area (Å²) in [5.74, 6) is 1.47. The van der Waals surface area contributed by atoms with E-state index < -0.39 is 0 Å². The number of rotatable bonds is 0. The van der Waals surface area contributed by atoms with E-state index in [1.807, 2.05) is 0 Å². The molecule has 0 N–H and O–H groups in total. The molecule has 3 heteroatoms. The molecule has 0 radical (unpaired) electrons. The Hall–Kier alpha value is -0.960. The summed E-state index contributed by atoms with van der Waals surface area (Å²) in [6.07, 6.45) is 1.58. The van der Waals surface area contributed by atoms with Crippen LogP contribution in [0.25, 0.3) is 0 Å². The Balaban J connectivity index is 2.54. The van der Waals surface area contributed by atoms with E-state index in [0.29, 0.717) is 12.4 Å². The summed E-state index contributed by atoms with van der Waals surface area (Å²) in [5.41, 5.74) is 0. The molecule has 0 atom stereocenters. The fourth-order valence-electron chi connectivity index (χ4n) is 0.655. The minimum atomic E-state index is 0.433. The molecule has 1 aromatic heterocycles. The topological polar surface area (TPSA) is 31.6 Å². The van der Waals surface area contributed by atoms with E-state index in [1.54, 1.807) is 12.3 Å². The molecule has 1 aromatic rings. The molecule has 0 spiro atoms. The van der Waals surface area contributed by atoms with Gasteiger partial charge in [0.15, 0.2) is 12.4 Å². The highest BCUT2D eigenvalue weighted by atomic mass is 17.2. The summed E-state index contributed by atoms with van der Waals surface area (Å²) in [7, 11) is 0. The van der Waals surface area contributed by atoms with Gasteiger partial charge >= 0.3 is 0 Å². The molecule has 1 aliphatic rings. The number of furan rings is 1. The first kappa shape index (κ1) is 3.97. The van der Waals surface area contributed by atoms with Crippen LogP contribution in [0.5, 0.6) is 5.75 Å². The summed E-state index contributed by atoms with van der Waals surface area (Å²) < 4.78 is 4.93. The summed E-state index contributed by atoms with van der Waals surface area (Å²) in [6.45, 7) is 0.433. The zero-order valence-corrected chi connectivity index (χ0v) is 4.09. The van der Waals surface area contributed by atoms with E-state index in [1.165, 1.54) is 0 Å². The van der Waals surface area contributed by atoms with Gasteiger partial charge in [-0.15, -0.1) is 0 Å². The highest BCUT2D eigenvalue weighted by Crippen LogP contribution is 2.25. The van der Waals surface area contributed by atoms with Crippen LogP contribution < -0.4 is 4.89 Å². The quantitative estimate of drug-likeness (QED) is 0.471. The molecule has 42 valence electrons. The van der Waals surface area contributed by atoms with Crippen LogP contribution in [0, 0.1) is 0 Å². The molecular formula is C5H4O3. The van der Waals surface area contributed by atoms with Crippen molar-refractivity contribution < 1.29 is 14.2 Å². The van der Waals surface area contributed by atoms with Gasteiger partial charge in [-0.2, -0.15) is 4.89 Å². The van der Waals surface area contributed by atoms with Gasteiger partial charge < -0.3 is 9.30 Å². The third kappa shape index (κ3) is 0.364. The second-order valence-electron chi connectivity index (χ2n) is 1.55. The lowest BCUT2D eigenvalue weighted by Gasteiger charge is -1.84. The third-order valence-corrected chi connectivity index (χ3v) is 1.04. The molecule has 0 saturated heterocycles. The van der Waals surface area contributed by atoms with Crippen LogP contribution in [0.15, 0.2) is 16.7 Å². The van der Waals surface area contributed by atoms with Crippen LogP contribution in [-0.4, -0.2) is 0 Å². The fourth-order valence-corrected chi connectivity index (χ4v) is 0.655. The molecule has 0 aliphatic carbocycles. The Morgan fingerprint density at radius 2 is 2.50 bits per heavy atom. The summed E-state index contributed by atoms with van der Waals surface area (Å²) in [5, 5.41) is 0. The Morgan fingerprint density at radius 1 is 1.50 bits per heavy atom. The first-order valence-corrected chi connectivity index (χ1v) is 2.32. The van der Waals surface area contributed by atoms with Gasteiger partial charge in [0.1, 0.15) is 0 Å². The Bertz CT molecular complexity index is 173. The Morgan fingerprint density at radius 3 is 3.38 bits per heavy atom. The lowest BCUT2D eigenvalue weighted by Crippen LogP contribution is -1.81. The predicted octanol–water partition coefficient (Wildman–Crippen LogP) is 1.10. The molecule has 0 fully saturated rings. The Labute approximate surface area is 45.7 Å². The van der Waals surface area contributed by atoms with E-state index in [9.17, 15) is 0 Å². The van der Waals surface area contributed by atoms with Crippen molar-refractivity contribution in [3.8, 4) is 5.75 Å². The number of fused-ring (bicyclic) bond motifs is 1. The van der Waals surface area contributed by atoms with Gasteiger partial charge in [-0.25, -0.2) is 0 Å². The minimum Gasteiger partial charge on any atom is -0.463 e. The standard InChI is InChI=1S/C5H4O3/c1-2-6-5-3-7-8-4(1)5/h1-2H,3H2. The second-order valence-corrected chi connectivity index (χ2v) is 1.55. The molecule has 0 saturated carbocycles. The van der Waals surface area contributed by atoms with Crippen molar-refractivity contribution >= 4 is 0 Å². The highest BCUT2D eigenvalue weighted by molar-refractivity contribution is 5.24. The van der Waals surface area contributed by atoms with Crippen LogP contribution in [0.3, 0.4) is 0 Å². The molecule has 3 nitrogen and oxygen atoms in total. The average Bonchev–Trinajstić information content (AvgIpc) is 2.15. The van der Waals surface area contributed by atoms with Crippen LogP contribution in [0.2, 0.25) is 0 Å². The van der Waals surface area contributed by atoms with Crippen LogP contribution in [-0.2, 0) is 11.5 Å².